The van der Waals surface area contributed by atoms with Gasteiger partial charge in [-0.1, -0.05) is 5.16 Å². The number of benzene rings is 1. The van der Waals surface area contributed by atoms with Gasteiger partial charge in [0.1, 0.15) is 12.4 Å². The summed E-state index contributed by atoms with van der Waals surface area (Å²) in [5, 5.41) is 22.4. The van der Waals surface area contributed by atoms with Gasteiger partial charge in [0.15, 0.2) is 0 Å². The normalized spacial score (nSPS) is 12.2. The monoisotopic (exact) mass is 480 g/mol. The maximum atomic E-state index is 13.3. The molecular weight excluding hydrogens is 462 g/mol. The fraction of sp³-hybridized carbons (Fsp3) is 0.400. The molecule has 0 saturated heterocycles. The summed E-state index contributed by atoms with van der Waals surface area (Å²) in [6.45, 7) is 3.80. The van der Waals surface area contributed by atoms with Crippen LogP contribution in [0.4, 0.5) is 10.1 Å². The fourth-order valence-electron chi connectivity index (χ4n) is 2.08. The van der Waals surface area contributed by atoms with Crippen LogP contribution in [0.15, 0.2) is 32.5 Å². The van der Waals surface area contributed by atoms with Gasteiger partial charge in [-0.05, 0) is 58.3 Å². The van der Waals surface area contributed by atoms with E-state index in [1.807, 2.05) is 0 Å². The van der Waals surface area contributed by atoms with Crippen molar-refractivity contribution < 1.29 is 32.6 Å². The van der Waals surface area contributed by atoms with Gasteiger partial charge in [0, 0.05) is 5.69 Å². The molecule has 0 atom stereocenters. The summed E-state index contributed by atoms with van der Waals surface area (Å²) >= 11 is 3.06. The number of nitrogens with zero attached hydrogens (tertiary/aromatic N) is 3. The van der Waals surface area contributed by atoms with Crippen LogP contribution in [-0.2, 0) is 13.6 Å². The highest BCUT2D eigenvalue weighted by Gasteiger charge is 2.25. The van der Waals surface area contributed by atoms with Crippen LogP contribution >= 0.6 is 23.5 Å². The van der Waals surface area contributed by atoms with E-state index in [1.54, 1.807) is 13.8 Å². The van der Waals surface area contributed by atoms with E-state index in [1.165, 1.54) is 18.2 Å². The molecule has 0 spiro atoms. The quantitative estimate of drug-likeness (QED) is 0.171. The van der Waals surface area contributed by atoms with E-state index in [9.17, 15) is 14.2 Å². The zero-order chi connectivity index (χ0) is 20.6. The molecule has 2 rings (SSSR count). The number of nitrogens with one attached hydrogen (secondary N) is 1. The lowest BCUT2D eigenvalue weighted by molar-refractivity contribution is 0.210. The van der Waals surface area contributed by atoms with Crippen LogP contribution in [0.25, 0.3) is 0 Å². The molecule has 0 aliphatic carbocycles. The van der Waals surface area contributed by atoms with Gasteiger partial charge in [0.25, 0.3) is 5.88 Å². The first-order chi connectivity index (χ1) is 13.4. The minimum Gasteiger partial charge on any atom is -0.473 e. The number of halogens is 2. The standard InChI is InChI=1S/C15H19BrFN4O6P/c1-3-25-28(23,26-4-2)8-7-24-15-13(20-27-21-15)14(19-22)18-10-5-6-12(17)11(16)9-10/h5-6,9,22H,3-4,7-8H2,1-2H3,(H,18,19). The second-order valence-corrected chi connectivity index (χ2v) is 8.18. The average Bonchev–Trinajstić information content (AvgIpc) is 3.11. The maximum Gasteiger partial charge on any atom is 0.334 e. The van der Waals surface area contributed by atoms with Crippen molar-refractivity contribution in [2.24, 2.45) is 5.16 Å². The SMILES string of the molecule is CCOP(=O)(CCOc1nonc1/C(=N/O)Nc1ccc(F)c(Br)c1)OCC. The molecular formula is C15H19BrFN4O6P. The summed E-state index contributed by atoms with van der Waals surface area (Å²) in [5.74, 6) is -0.693. The molecule has 13 heteroatoms. The lowest BCUT2D eigenvalue weighted by Crippen LogP contribution is -2.16. The number of rotatable bonds is 10. The fourth-order valence-corrected chi connectivity index (χ4v) is 3.89. The van der Waals surface area contributed by atoms with Crippen molar-refractivity contribution in [2.75, 3.05) is 31.3 Å². The molecule has 0 aliphatic heterocycles. The largest absolute Gasteiger partial charge is 0.473 e. The maximum absolute atomic E-state index is 13.3. The van der Waals surface area contributed by atoms with E-state index in [0.29, 0.717) is 5.69 Å². The molecule has 2 aromatic rings. The molecule has 0 fully saturated rings. The third kappa shape index (κ3) is 5.99. The van der Waals surface area contributed by atoms with Gasteiger partial charge < -0.3 is 24.3 Å². The van der Waals surface area contributed by atoms with E-state index >= 15 is 0 Å². The summed E-state index contributed by atoms with van der Waals surface area (Å²) < 4.78 is 46.4. The molecule has 0 unspecified atom stereocenters. The van der Waals surface area contributed by atoms with Crippen molar-refractivity contribution in [1.82, 2.24) is 10.3 Å². The van der Waals surface area contributed by atoms with Gasteiger partial charge in [-0.25, -0.2) is 9.02 Å². The number of amidine groups is 1. The summed E-state index contributed by atoms with van der Waals surface area (Å²) in [6.07, 6.45) is -0.0229. The van der Waals surface area contributed by atoms with Crippen LogP contribution in [0, 0.1) is 5.82 Å². The predicted molar refractivity (Wildman–Crippen MR) is 102 cm³/mol. The van der Waals surface area contributed by atoms with E-state index in [0.717, 1.165) is 0 Å². The zero-order valence-corrected chi connectivity index (χ0v) is 17.6. The Morgan fingerprint density at radius 2 is 2.07 bits per heavy atom. The predicted octanol–water partition coefficient (Wildman–Crippen LogP) is 3.86. The Hall–Kier alpha value is -2.01. The minimum atomic E-state index is -3.29. The second kappa shape index (κ2) is 10.5. The molecule has 10 nitrogen and oxygen atoms in total. The van der Waals surface area contributed by atoms with Crippen molar-refractivity contribution >= 4 is 35.0 Å². The van der Waals surface area contributed by atoms with Gasteiger partial charge in [-0.15, -0.1) is 0 Å². The number of anilines is 1. The number of hydrogen-bond donors (Lipinski definition) is 2. The highest BCUT2D eigenvalue weighted by atomic mass is 79.9. The number of aromatic nitrogens is 2. The highest BCUT2D eigenvalue weighted by Crippen LogP contribution is 2.47. The lowest BCUT2D eigenvalue weighted by atomic mass is 10.3. The summed E-state index contributed by atoms with van der Waals surface area (Å²) in [4.78, 5) is 0. The van der Waals surface area contributed by atoms with Crippen LogP contribution in [0.3, 0.4) is 0 Å². The van der Waals surface area contributed by atoms with Gasteiger partial charge in [0.2, 0.25) is 11.5 Å². The third-order valence-corrected chi connectivity index (χ3v) is 5.86. The number of hydrogen-bond acceptors (Lipinski definition) is 9. The van der Waals surface area contributed by atoms with Crippen LogP contribution in [-0.4, -0.2) is 47.3 Å². The molecule has 28 heavy (non-hydrogen) atoms. The van der Waals surface area contributed by atoms with Gasteiger partial charge in [0.05, 0.1) is 23.8 Å². The first-order valence-corrected chi connectivity index (χ1v) is 10.7. The Bertz CT molecular complexity index is 855. The van der Waals surface area contributed by atoms with Crippen LogP contribution in [0.2, 0.25) is 0 Å². The van der Waals surface area contributed by atoms with Crippen molar-refractivity contribution in [3.63, 3.8) is 0 Å². The van der Waals surface area contributed by atoms with Crippen molar-refractivity contribution in [1.29, 1.82) is 0 Å². The molecule has 0 aliphatic rings. The molecule has 0 bridgehead atoms. The van der Waals surface area contributed by atoms with Crippen molar-refractivity contribution in [3.05, 3.63) is 34.2 Å². The zero-order valence-electron chi connectivity index (χ0n) is 15.1. The summed E-state index contributed by atoms with van der Waals surface area (Å²) in [7, 11) is -3.29. The van der Waals surface area contributed by atoms with Gasteiger partial charge in [-0.2, -0.15) is 0 Å². The molecule has 1 aromatic carbocycles. The Labute approximate surface area is 168 Å². The Balaban J connectivity index is 2.06. The first kappa shape index (κ1) is 22.3. The number of oxime groups is 1. The molecule has 1 aromatic heterocycles. The number of ether oxygens (including phenoxy) is 1. The van der Waals surface area contributed by atoms with E-state index in [4.69, 9.17) is 13.8 Å². The minimum absolute atomic E-state index is 0.0229. The van der Waals surface area contributed by atoms with Gasteiger partial charge >= 0.3 is 7.60 Å². The van der Waals surface area contributed by atoms with Crippen LogP contribution in [0.5, 0.6) is 5.88 Å². The topological polar surface area (TPSA) is 128 Å². The Morgan fingerprint density at radius 1 is 1.36 bits per heavy atom. The van der Waals surface area contributed by atoms with Gasteiger partial charge in [-0.3, -0.25) is 4.57 Å². The molecule has 154 valence electrons. The molecule has 0 saturated carbocycles. The summed E-state index contributed by atoms with van der Waals surface area (Å²) in [5.41, 5.74) is 0.373. The lowest BCUT2D eigenvalue weighted by Gasteiger charge is -2.16. The smallest absolute Gasteiger partial charge is 0.334 e. The molecule has 1 heterocycles. The summed E-state index contributed by atoms with van der Waals surface area (Å²) in [6, 6.07) is 4.09. The van der Waals surface area contributed by atoms with Crippen molar-refractivity contribution in [3.8, 4) is 5.88 Å². The van der Waals surface area contributed by atoms with E-state index in [-0.39, 0.29) is 47.9 Å². The third-order valence-electron chi connectivity index (χ3n) is 3.22. The highest BCUT2D eigenvalue weighted by molar-refractivity contribution is 9.10. The first-order valence-electron chi connectivity index (χ1n) is 8.20. The van der Waals surface area contributed by atoms with Crippen LogP contribution < -0.4 is 10.1 Å². The van der Waals surface area contributed by atoms with Crippen molar-refractivity contribution in [2.45, 2.75) is 13.8 Å². The van der Waals surface area contributed by atoms with E-state index < -0.39 is 13.4 Å². The molecule has 2 N–H and O–H groups in total. The average molecular weight is 481 g/mol. The second-order valence-electron chi connectivity index (χ2n) is 5.14. The Kier molecular flexibility index (Phi) is 8.36. The molecule has 0 amide bonds. The Morgan fingerprint density at radius 3 is 2.68 bits per heavy atom. The molecule has 0 radical (unpaired) electrons. The van der Waals surface area contributed by atoms with E-state index in [2.05, 4.69) is 41.3 Å². The van der Waals surface area contributed by atoms with Crippen LogP contribution in [0.1, 0.15) is 19.5 Å².